The van der Waals surface area contributed by atoms with Crippen LogP contribution in [0.2, 0.25) is 0 Å². The Hall–Kier alpha value is -1.41. The summed E-state index contributed by atoms with van der Waals surface area (Å²) < 4.78 is 0. The van der Waals surface area contributed by atoms with Crippen molar-refractivity contribution in [2.75, 3.05) is 7.05 Å². The van der Waals surface area contributed by atoms with Crippen molar-refractivity contribution in [3.63, 3.8) is 0 Å². The first-order valence-electron chi connectivity index (χ1n) is 6.22. The molecule has 1 N–H and O–H groups in total. The molecular weight excluding hydrogens is 208 g/mol. The molecule has 0 aliphatic rings. The average Bonchev–Trinajstić information content (AvgIpc) is 2.35. The fourth-order valence-electron chi connectivity index (χ4n) is 2.29. The summed E-state index contributed by atoms with van der Waals surface area (Å²) in [6.45, 7) is 4.51. The van der Waals surface area contributed by atoms with Crippen molar-refractivity contribution < 1.29 is 0 Å². The minimum atomic E-state index is 0.383. The molecule has 0 aliphatic heterocycles. The topological polar surface area (TPSA) is 24.9 Å². The van der Waals surface area contributed by atoms with Gasteiger partial charge < -0.3 is 5.32 Å². The van der Waals surface area contributed by atoms with E-state index in [-0.39, 0.29) is 0 Å². The highest BCUT2D eigenvalue weighted by molar-refractivity contribution is 5.85. The van der Waals surface area contributed by atoms with Crippen LogP contribution in [0, 0.1) is 5.92 Å². The van der Waals surface area contributed by atoms with Gasteiger partial charge in [-0.15, -0.1) is 0 Å². The van der Waals surface area contributed by atoms with Crippen molar-refractivity contribution in [2.45, 2.75) is 26.3 Å². The van der Waals surface area contributed by atoms with Crippen LogP contribution in [0.3, 0.4) is 0 Å². The van der Waals surface area contributed by atoms with Crippen molar-refractivity contribution in [1.82, 2.24) is 10.3 Å². The lowest BCUT2D eigenvalue weighted by Crippen LogP contribution is -2.18. The number of hydrogen-bond donors (Lipinski definition) is 1. The second-order valence-corrected chi connectivity index (χ2v) is 4.92. The van der Waals surface area contributed by atoms with Gasteiger partial charge in [0.2, 0.25) is 0 Å². The number of fused-ring (bicyclic) bond motifs is 1. The molecule has 0 spiro atoms. The van der Waals surface area contributed by atoms with Crippen molar-refractivity contribution in [1.29, 1.82) is 0 Å². The van der Waals surface area contributed by atoms with Gasteiger partial charge in [0.25, 0.3) is 0 Å². The predicted molar refractivity (Wildman–Crippen MR) is 73.0 cm³/mol. The molecular formula is C15H20N2. The molecule has 0 aliphatic carbocycles. The van der Waals surface area contributed by atoms with Gasteiger partial charge in [0, 0.05) is 23.8 Å². The minimum absolute atomic E-state index is 0.383. The summed E-state index contributed by atoms with van der Waals surface area (Å²) in [7, 11) is 2.02. The number of rotatable bonds is 4. The van der Waals surface area contributed by atoms with Gasteiger partial charge in [-0.25, -0.2) is 0 Å². The van der Waals surface area contributed by atoms with Crippen LogP contribution in [-0.2, 0) is 0 Å². The normalized spacial score (nSPS) is 13.2. The largest absolute Gasteiger partial charge is 0.313 e. The van der Waals surface area contributed by atoms with Gasteiger partial charge in [0.05, 0.1) is 0 Å². The first-order valence-corrected chi connectivity index (χ1v) is 6.22. The van der Waals surface area contributed by atoms with E-state index in [9.17, 15) is 0 Å². The SMILES string of the molecule is CNC(CC(C)C)c1cncc2ccccc12. The van der Waals surface area contributed by atoms with Crippen molar-refractivity contribution in [3.05, 3.63) is 42.2 Å². The van der Waals surface area contributed by atoms with Gasteiger partial charge in [0.15, 0.2) is 0 Å². The standard InChI is InChI=1S/C15H20N2/c1-11(2)8-15(16-3)14-10-17-9-12-6-4-5-7-13(12)14/h4-7,9-11,15-16H,8H2,1-3H3. The van der Waals surface area contributed by atoms with Crippen LogP contribution in [0.5, 0.6) is 0 Å². The van der Waals surface area contributed by atoms with Crippen LogP contribution in [0.15, 0.2) is 36.7 Å². The number of hydrogen-bond acceptors (Lipinski definition) is 2. The third-order valence-corrected chi connectivity index (χ3v) is 3.13. The van der Waals surface area contributed by atoms with Crippen molar-refractivity contribution in [3.8, 4) is 0 Å². The van der Waals surface area contributed by atoms with E-state index in [1.165, 1.54) is 16.3 Å². The fraction of sp³-hybridized carbons (Fsp3) is 0.400. The van der Waals surface area contributed by atoms with E-state index in [1.54, 1.807) is 0 Å². The van der Waals surface area contributed by atoms with Crippen LogP contribution in [-0.4, -0.2) is 12.0 Å². The summed E-state index contributed by atoms with van der Waals surface area (Å²) in [5.74, 6) is 0.673. The molecule has 0 radical (unpaired) electrons. The molecule has 90 valence electrons. The molecule has 0 amide bonds. The van der Waals surface area contributed by atoms with Gasteiger partial charge in [-0.2, -0.15) is 0 Å². The van der Waals surface area contributed by atoms with Crippen LogP contribution in [0.25, 0.3) is 10.8 Å². The van der Waals surface area contributed by atoms with E-state index in [4.69, 9.17) is 0 Å². The molecule has 17 heavy (non-hydrogen) atoms. The summed E-state index contributed by atoms with van der Waals surface area (Å²) in [6, 6.07) is 8.83. The van der Waals surface area contributed by atoms with Gasteiger partial charge >= 0.3 is 0 Å². The van der Waals surface area contributed by atoms with Gasteiger partial charge in [0.1, 0.15) is 0 Å². The predicted octanol–water partition coefficient (Wildman–Crippen LogP) is 3.54. The lowest BCUT2D eigenvalue weighted by Gasteiger charge is -2.20. The van der Waals surface area contributed by atoms with Crippen LogP contribution >= 0.6 is 0 Å². The quantitative estimate of drug-likeness (QED) is 0.865. The molecule has 1 aromatic carbocycles. The number of aromatic nitrogens is 1. The average molecular weight is 228 g/mol. The van der Waals surface area contributed by atoms with E-state index in [1.807, 2.05) is 19.4 Å². The number of nitrogens with zero attached hydrogens (tertiary/aromatic N) is 1. The second kappa shape index (κ2) is 5.28. The first kappa shape index (κ1) is 12.1. The van der Waals surface area contributed by atoms with E-state index in [2.05, 4.69) is 48.4 Å². The highest BCUT2D eigenvalue weighted by Crippen LogP contribution is 2.27. The maximum Gasteiger partial charge on any atom is 0.0346 e. The van der Waals surface area contributed by atoms with Gasteiger partial charge in [-0.3, -0.25) is 4.98 Å². The number of nitrogens with one attached hydrogen (secondary N) is 1. The van der Waals surface area contributed by atoms with E-state index < -0.39 is 0 Å². The Morgan fingerprint density at radius 3 is 2.65 bits per heavy atom. The van der Waals surface area contributed by atoms with E-state index in [0.29, 0.717) is 12.0 Å². The Kier molecular flexibility index (Phi) is 3.75. The second-order valence-electron chi connectivity index (χ2n) is 4.92. The highest BCUT2D eigenvalue weighted by atomic mass is 14.9. The zero-order valence-electron chi connectivity index (χ0n) is 10.8. The molecule has 0 fully saturated rings. The highest BCUT2D eigenvalue weighted by Gasteiger charge is 2.14. The monoisotopic (exact) mass is 228 g/mol. The third-order valence-electron chi connectivity index (χ3n) is 3.13. The molecule has 2 rings (SSSR count). The van der Waals surface area contributed by atoms with Gasteiger partial charge in [-0.05, 0) is 30.3 Å². The summed E-state index contributed by atoms with van der Waals surface area (Å²) in [5, 5.41) is 5.93. The maximum atomic E-state index is 4.35. The molecule has 1 atom stereocenters. The van der Waals surface area contributed by atoms with E-state index >= 15 is 0 Å². The van der Waals surface area contributed by atoms with Crippen LogP contribution < -0.4 is 5.32 Å². The first-order chi connectivity index (χ1) is 8.22. The molecule has 1 aromatic heterocycles. The lowest BCUT2D eigenvalue weighted by atomic mass is 9.95. The lowest BCUT2D eigenvalue weighted by molar-refractivity contribution is 0.458. The minimum Gasteiger partial charge on any atom is -0.313 e. The number of benzene rings is 1. The van der Waals surface area contributed by atoms with E-state index in [0.717, 1.165) is 6.42 Å². The van der Waals surface area contributed by atoms with Crippen molar-refractivity contribution >= 4 is 10.8 Å². The molecule has 2 heteroatoms. The molecule has 1 heterocycles. The number of pyridine rings is 1. The zero-order valence-corrected chi connectivity index (χ0v) is 10.8. The van der Waals surface area contributed by atoms with Crippen LogP contribution in [0.4, 0.5) is 0 Å². The summed E-state index contributed by atoms with van der Waals surface area (Å²) in [6.07, 6.45) is 5.05. The molecule has 2 aromatic rings. The Labute approximate surface area is 103 Å². The zero-order chi connectivity index (χ0) is 12.3. The van der Waals surface area contributed by atoms with Crippen LogP contribution in [0.1, 0.15) is 31.9 Å². The van der Waals surface area contributed by atoms with Crippen molar-refractivity contribution in [2.24, 2.45) is 5.92 Å². The molecule has 0 saturated carbocycles. The molecule has 1 unspecified atom stereocenters. The smallest absolute Gasteiger partial charge is 0.0346 e. The Bertz CT molecular complexity index is 486. The fourth-order valence-corrected chi connectivity index (χ4v) is 2.29. The summed E-state index contributed by atoms with van der Waals surface area (Å²) >= 11 is 0. The maximum absolute atomic E-state index is 4.35. The summed E-state index contributed by atoms with van der Waals surface area (Å²) in [4.78, 5) is 4.35. The Balaban J connectivity index is 2.46. The Morgan fingerprint density at radius 2 is 1.94 bits per heavy atom. The molecule has 0 saturated heterocycles. The molecule has 2 nitrogen and oxygen atoms in total. The summed E-state index contributed by atoms with van der Waals surface area (Å²) in [5.41, 5.74) is 1.30. The Morgan fingerprint density at radius 1 is 1.18 bits per heavy atom. The third kappa shape index (κ3) is 2.64. The molecule has 0 bridgehead atoms. The van der Waals surface area contributed by atoms with Gasteiger partial charge in [-0.1, -0.05) is 38.1 Å².